The van der Waals surface area contributed by atoms with Gasteiger partial charge in [-0.2, -0.15) is 0 Å². The van der Waals surface area contributed by atoms with E-state index in [1.54, 1.807) is 0 Å². The molecule has 4 heteroatoms. The van der Waals surface area contributed by atoms with Crippen molar-refractivity contribution in [1.29, 1.82) is 0 Å². The number of hydrogen-bond donors (Lipinski definition) is 0. The van der Waals surface area contributed by atoms with E-state index in [9.17, 15) is 8.42 Å². The zero-order valence-electron chi connectivity index (χ0n) is 10.1. The molecule has 16 heavy (non-hydrogen) atoms. The Morgan fingerprint density at radius 1 is 1.19 bits per heavy atom. The lowest BCUT2D eigenvalue weighted by atomic mass is 9.91. The fourth-order valence-electron chi connectivity index (χ4n) is 2.45. The molecule has 0 aliphatic heterocycles. The molecule has 0 amide bonds. The van der Waals surface area contributed by atoms with Gasteiger partial charge in [-0.3, -0.25) is 0 Å². The Bertz CT molecular complexity index is 287. The third-order valence-corrected chi connectivity index (χ3v) is 6.32. The van der Waals surface area contributed by atoms with Crippen LogP contribution in [0.5, 0.6) is 0 Å². The molecule has 1 fully saturated rings. The number of hydrogen-bond acceptors (Lipinski definition) is 2. The zero-order chi connectivity index (χ0) is 12.0. The first-order chi connectivity index (χ1) is 7.56. The minimum Gasteiger partial charge on any atom is -0.229 e. The summed E-state index contributed by atoms with van der Waals surface area (Å²) >= 11 is 3.37. The Labute approximate surface area is 108 Å². The summed E-state index contributed by atoms with van der Waals surface area (Å²) in [6.07, 6.45) is 7.01. The maximum atomic E-state index is 12.1. The SMILES string of the molecule is CC1CCCC(S(=O)(=O)CCCCCBr)C1. The maximum absolute atomic E-state index is 12.1. The zero-order valence-corrected chi connectivity index (χ0v) is 12.5. The van der Waals surface area contributed by atoms with Crippen LogP contribution in [0, 0.1) is 5.92 Å². The van der Waals surface area contributed by atoms with Crippen molar-refractivity contribution in [2.75, 3.05) is 11.1 Å². The third-order valence-electron chi connectivity index (χ3n) is 3.46. The van der Waals surface area contributed by atoms with E-state index in [4.69, 9.17) is 0 Å². The molecule has 0 spiro atoms. The molecule has 0 saturated heterocycles. The molecule has 0 aromatic rings. The molecule has 0 bridgehead atoms. The highest BCUT2D eigenvalue weighted by atomic mass is 79.9. The topological polar surface area (TPSA) is 34.1 Å². The number of sulfone groups is 1. The maximum Gasteiger partial charge on any atom is 0.153 e. The van der Waals surface area contributed by atoms with Crippen LogP contribution in [0.15, 0.2) is 0 Å². The lowest BCUT2D eigenvalue weighted by Gasteiger charge is -2.26. The average Bonchev–Trinajstić information content (AvgIpc) is 2.24. The molecule has 0 N–H and O–H groups in total. The molecule has 0 radical (unpaired) electrons. The summed E-state index contributed by atoms with van der Waals surface area (Å²) in [5.41, 5.74) is 0. The highest BCUT2D eigenvalue weighted by molar-refractivity contribution is 9.09. The summed E-state index contributed by atoms with van der Waals surface area (Å²) in [7, 11) is -2.81. The van der Waals surface area contributed by atoms with Gasteiger partial charge in [0.15, 0.2) is 9.84 Å². The smallest absolute Gasteiger partial charge is 0.153 e. The number of unbranched alkanes of at least 4 members (excludes halogenated alkanes) is 2. The summed E-state index contributed by atoms with van der Waals surface area (Å²) < 4.78 is 24.2. The van der Waals surface area contributed by atoms with Crippen molar-refractivity contribution in [3.05, 3.63) is 0 Å². The monoisotopic (exact) mass is 310 g/mol. The lowest BCUT2D eigenvalue weighted by Crippen LogP contribution is -2.29. The van der Waals surface area contributed by atoms with Crippen molar-refractivity contribution in [3.63, 3.8) is 0 Å². The van der Waals surface area contributed by atoms with Gasteiger partial charge in [0.2, 0.25) is 0 Å². The van der Waals surface area contributed by atoms with Crippen LogP contribution in [0.4, 0.5) is 0 Å². The highest BCUT2D eigenvalue weighted by Gasteiger charge is 2.29. The second-order valence-electron chi connectivity index (χ2n) is 5.01. The van der Waals surface area contributed by atoms with Crippen LogP contribution in [0.1, 0.15) is 51.9 Å². The van der Waals surface area contributed by atoms with Crippen molar-refractivity contribution >= 4 is 25.8 Å². The van der Waals surface area contributed by atoms with Gasteiger partial charge in [0.25, 0.3) is 0 Å². The summed E-state index contributed by atoms with van der Waals surface area (Å²) in [5.74, 6) is 0.994. The Morgan fingerprint density at radius 2 is 1.94 bits per heavy atom. The summed E-state index contributed by atoms with van der Waals surface area (Å²) in [4.78, 5) is 0. The van der Waals surface area contributed by atoms with Crippen LogP contribution >= 0.6 is 15.9 Å². The third kappa shape index (κ3) is 4.74. The van der Waals surface area contributed by atoms with Crippen LogP contribution in [0.2, 0.25) is 0 Å². The molecule has 1 aliphatic rings. The van der Waals surface area contributed by atoms with Gasteiger partial charge in [-0.25, -0.2) is 8.42 Å². The predicted molar refractivity (Wildman–Crippen MR) is 72.9 cm³/mol. The molecule has 0 aromatic carbocycles. The van der Waals surface area contributed by atoms with Crippen molar-refractivity contribution in [1.82, 2.24) is 0 Å². The molecule has 1 aliphatic carbocycles. The van der Waals surface area contributed by atoms with E-state index in [-0.39, 0.29) is 5.25 Å². The van der Waals surface area contributed by atoms with Gasteiger partial charge in [-0.1, -0.05) is 42.1 Å². The van der Waals surface area contributed by atoms with E-state index in [0.29, 0.717) is 11.7 Å². The van der Waals surface area contributed by atoms with E-state index in [1.165, 1.54) is 6.42 Å². The van der Waals surface area contributed by atoms with Crippen LogP contribution in [-0.4, -0.2) is 24.8 Å². The molecule has 0 heterocycles. The number of halogens is 1. The Balaban J connectivity index is 2.37. The summed E-state index contributed by atoms with van der Waals surface area (Å²) in [5, 5.41) is 0.938. The van der Waals surface area contributed by atoms with Gasteiger partial charge in [-0.05, 0) is 31.6 Å². The van der Waals surface area contributed by atoms with E-state index in [1.807, 2.05) is 0 Å². The van der Waals surface area contributed by atoms with Gasteiger partial charge in [0.05, 0.1) is 11.0 Å². The van der Waals surface area contributed by atoms with E-state index in [0.717, 1.165) is 43.9 Å². The lowest BCUT2D eigenvalue weighted by molar-refractivity contribution is 0.381. The molecule has 2 unspecified atom stereocenters. The highest BCUT2D eigenvalue weighted by Crippen LogP contribution is 2.29. The molecule has 2 atom stereocenters. The predicted octanol–water partition coefficient (Wildman–Crippen LogP) is 3.55. The number of alkyl halides is 1. The van der Waals surface area contributed by atoms with Crippen molar-refractivity contribution in [2.24, 2.45) is 5.92 Å². The van der Waals surface area contributed by atoms with Crippen molar-refractivity contribution in [2.45, 2.75) is 57.1 Å². The molecular weight excluding hydrogens is 288 g/mol. The first-order valence-corrected chi connectivity index (χ1v) is 9.17. The summed E-state index contributed by atoms with van der Waals surface area (Å²) in [6, 6.07) is 0. The van der Waals surface area contributed by atoms with Gasteiger partial charge in [0.1, 0.15) is 0 Å². The van der Waals surface area contributed by atoms with E-state index >= 15 is 0 Å². The minimum absolute atomic E-state index is 0.0415. The van der Waals surface area contributed by atoms with E-state index < -0.39 is 9.84 Å². The van der Waals surface area contributed by atoms with Gasteiger partial charge in [-0.15, -0.1) is 0 Å². The van der Waals surface area contributed by atoms with Crippen molar-refractivity contribution < 1.29 is 8.42 Å². The Morgan fingerprint density at radius 3 is 2.56 bits per heavy atom. The molecule has 1 rings (SSSR count). The Hall–Kier alpha value is 0.430. The quantitative estimate of drug-likeness (QED) is 0.555. The Kier molecular flexibility index (Phi) is 6.34. The second kappa shape index (κ2) is 7.00. The number of rotatable bonds is 6. The van der Waals surface area contributed by atoms with Crippen molar-refractivity contribution in [3.8, 4) is 0 Å². The van der Waals surface area contributed by atoms with Crippen LogP contribution in [-0.2, 0) is 9.84 Å². The molecule has 2 nitrogen and oxygen atoms in total. The molecule has 0 aromatic heterocycles. The first-order valence-electron chi connectivity index (χ1n) is 6.34. The average molecular weight is 311 g/mol. The van der Waals surface area contributed by atoms with E-state index in [2.05, 4.69) is 22.9 Å². The van der Waals surface area contributed by atoms with Gasteiger partial charge >= 0.3 is 0 Å². The fourth-order valence-corrected chi connectivity index (χ4v) is 4.93. The standard InChI is InChI=1S/C12H23BrO2S/c1-11-6-5-7-12(10-11)16(14,15)9-4-2-3-8-13/h11-12H,2-10H2,1H3. The summed E-state index contributed by atoms with van der Waals surface area (Å²) in [6.45, 7) is 2.17. The van der Waals surface area contributed by atoms with Gasteiger partial charge in [0, 0.05) is 5.33 Å². The molecule has 1 saturated carbocycles. The first kappa shape index (κ1) is 14.5. The normalized spacial score (nSPS) is 26.9. The molecule has 96 valence electrons. The minimum atomic E-state index is -2.81. The second-order valence-corrected chi connectivity index (χ2v) is 8.20. The van der Waals surface area contributed by atoms with Crippen LogP contribution in [0.3, 0.4) is 0 Å². The van der Waals surface area contributed by atoms with Crippen LogP contribution in [0.25, 0.3) is 0 Å². The fraction of sp³-hybridized carbons (Fsp3) is 1.00. The molecular formula is C12H23BrO2S. The largest absolute Gasteiger partial charge is 0.229 e. The van der Waals surface area contributed by atoms with Crippen LogP contribution < -0.4 is 0 Å². The van der Waals surface area contributed by atoms with Gasteiger partial charge < -0.3 is 0 Å².